The van der Waals surface area contributed by atoms with E-state index in [4.69, 9.17) is 14.6 Å². The number of carbonyl (C=O) groups is 3. The molecule has 1 fully saturated rings. The quantitative estimate of drug-likeness (QED) is 0.761. The summed E-state index contributed by atoms with van der Waals surface area (Å²) in [6.45, 7) is 4.92. The summed E-state index contributed by atoms with van der Waals surface area (Å²) in [5.41, 5.74) is -0.580. The average molecular weight is 275 g/mol. The maximum absolute atomic E-state index is 11.5. The van der Waals surface area contributed by atoms with E-state index in [1.807, 2.05) is 0 Å². The molecule has 0 bridgehead atoms. The smallest absolute Gasteiger partial charge is 0.479 e. The van der Waals surface area contributed by atoms with Gasteiger partial charge in [0.1, 0.15) is 11.7 Å². The Morgan fingerprint density at radius 2 is 1.84 bits per heavy atom. The molecule has 19 heavy (non-hydrogen) atoms. The Kier molecular flexibility index (Phi) is 4.57. The van der Waals surface area contributed by atoms with Crippen molar-refractivity contribution in [2.24, 2.45) is 0 Å². The summed E-state index contributed by atoms with van der Waals surface area (Å²) in [5, 5.41) is 8.29. The first-order chi connectivity index (χ1) is 8.67. The molecule has 0 spiro atoms. The summed E-state index contributed by atoms with van der Waals surface area (Å²) >= 11 is 0. The minimum absolute atomic E-state index is 0.205. The molecule has 1 rings (SSSR count). The molecule has 1 saturated heterocycles. The molecule has 108 valence electrons. The molecule has 0 aromatic carbocycles. The maximum Gasteiger partial charge on any atom is 0.509 e. The molecule has 0 aromatic heterocycles. The van der Waals surface area contributed by atoms with Crippen LogP contribution in [-0.4, -0.2) is 59.6 Å². The van der Waals surface area contributed by atoms with Gasteiger partial charge >= 0.3 is 18.2 Å². The normalized spacial score (nSPS) is 15.4. The number of aliphatic carboxylic acids is 1. The van der Waals surface area contributed by atoms with E-state index >= 15 is 0 Å². The van der Waals surface area contributed by atoms with E-state index in [0.717, 1.165) is 0 Å². The molecular weight excluding hydrogens is 258 g/mol. The van der Waals surface area contributed by atoms with Crippen LogP contribution < -0.4 is 0 Å². The number of carboxylic acid groups (broad SMARTS) is 1. The van der Waals surface area contributed by atoms with E-state index in [9.17, 15) is 14.4 Å². The highest BCUT2D eigenvalue weighted by Crippen LogP contribution is 2.17. The highest BCUT2D eigenvalue weighted by molar-refractivity contribution is 5.72. The SMILES string of the molecule is CC(C)(C)OC(=O)N1CC(OC(=O)OCC(=O)O)C1. The Balaban J connectivity index is 2.21. The summed E-state index contributed by atoms with van der Waals surface area (Å²) in [6.07, 6.45) is -2.03. The number of hydrogen-bond acceptors (Lipinski definition) is 6. The Morgan fingerprint density at radius 1 is 1.26 bits per heavy atom. The first-order valence-corrected chi connectivity index (χ1v) is 5.70. The van der Waals surface area contributed by atoms with Gasteiger partial charge in [-0.2, -0.15) is 0 Å². The Labute approximate surface area is 110 Å². The predicted molar refractivity (Wildman–Crippen MR) is 61.7 cm³/mol. The third-order valence-corrected chi connectivity index (χ3v) is 2.08. The van der Waals surface area contributed by atoms with Crippen LogP contribution in [0.4, 0.5) is 9.59 Å². The third kappa shape index (κ3) is 5.45. The molecule has 0 unspecified atom stereocenters. The lowest BCUT2D eigenvalue weighted by Crippen LogP contribution is -2.56. The minimum Gasteiger partial charge on any atom is -0.479 e. The number of carbonyl (C=O) groups excluding carboxylic acids is 2. The van der Waals surface area contributed by atoms with Crippen molar-refractivity contribution in [3.05, 3.63) is 0 Å². The average Bonchev–Trinajstić information content (AvgIpc) is 2.16. The summed E-state index contributed by atoms with van der Waals surface area (Å²) in [6, 6.07) is 0. The molecule has 1 amide bonds. The molecule has 1 aliphatic rings. The van der Waals surface area contributed by atoms with Gasteiger partial charge in [0.15, 0.2) is 6.61 Å². The van der Waals surface area contributed by atoms with Gasteiger partial charge in [0.05, 0.1) is 13.1 Å². The zero-order valence-electron chi connectivity index (χ0n) is 11.0. The van der Waals surface area contributed by atoms with Gasteiger partial charge in [-0.05, 0) is 20.8 Å². The van der Waals surface area contributed by atoms with Crippen LogP contribution >= 0.6 is 0 Å². The van der Waals surface area contributed by atoms with Gasteiger partial charge in [0.2, 0.25) is 0 Å². The van der Waals surface area contributed by atoms with Crippen molar-refractivity contribution in [2.45, 2.75) is 32.5 Å². The number of likely N-dealkylation sites (tertiary alicyclic amines) is 1. The summed E-state index contributed by atoms with van der Waals surface area (Å²) in [5.74, 6) is -1.26. The van der Waals surface area contributed by atoms with Gasteiger partial charge in [0, 0.05) is 0 Å². The van der Waals surface area contributed by atoms with Crippen LogP contribution in [0.3, 0.4) is 0 Å². The van der Waals surface area contributed by atoms with Crippen LogP contribution in [0.2, 0.25) is 0 Å². The number of rotatable bonds is 3. The summed E-state index contributed by atoms with van der Waals surface area (Å²) in [7, 11) is 0. The predicted octanol–water partition coefficient (Wildman–Crippen LogP) is 0.844. The maximum atomic E-state index is 11.5. The van der Waals surface area contributed by atoms with E-state index in [0.29, 0.717) is 0 Å². The van der Waals surface area contributed by atoms with Crippen LogP contribution in [0.1, 0.15) is 20.8 Å². The van der Waals surface area contributed by atoms with Crippen molar-refractivity contribution in [3.8, 4) is 0 Å². The molecular formula is C11H17NO7. The highest BCUT2D eigenvalue weighted by atomic mass is 16.7. The van der Waals surface area contributed by atoms with Crippen molar-refractivity contribution < 1.29 is 33.7 Å². The summed E-state index contributed by atoms with van der Waals surface area (Å²) < 4.78 is 14.2. The number of ether oxygens (including phenoxy) is 3. The topological polar surface area (TPSA) is 102 Å². The fourth-order valence-corrected chi connectivity index (χ4v) is 1.28. The van der Waals surface area contributed by atoms with E-state index in [-0.39, 0.29) is 13.1 Å². The van der Waals surface area contributed by atoms with Gasteiger partial charge in [-0.1, -0.05) is 0 Å². The highest BCUT2D eigenvalue weighted by Gasteiger charge is 2.36. The number of carboxylic acids is 1. The molecule has 0 radical (unpaired) electrons. The van der Waals surface area contributed by atoms with Crippen LogP contribution in [0, 0.1) is 0 Å². The standard InChI is InChI=1S/C11H17NO7/c1-11(2,3)19-9(15)12-4-7(5-12)18-10(16)17-6-8(13)14/h7H,4-6H2,1-3H3,(H,13,14). The first-order valence-electron chi connectivity index (χ1n) is 5.70. The molecule has 8 nitrogen and oxygen atoms in total. The zero-order valence-corrected chi connectivity index (χ0v) is 11.0. The van der Waals surface area contributed by atoms with E-state index < -0.39 is 36.5 Å². The fourth-order valence-electron chi connectivity index (χ4n) is 1.28. The number of hydrogen-bond donors (Lipinski definition) is 1. The second kappa shape index (κ2) is 5.77. The molecule has 1 N–H and O–H groups in total. The minimum atomic E-state index is -1.26. The fraction of sp³-hybridized carbons (Fsp3) is 0.727. The monoisotopic (exact) mass is 275 g/mol. The third-order valence-electron chi connectivity index (χ3n) is 2.08. The zero-order chi connectivity index (χ0) is 14.6. The Hall–Kier alpha value is -1.99. The molecule has 1 heterocycles. The molecule has 8 heteroatoms. The lowest BCUT2D eigenvalue weighted by molar-refractivity contribution is -0.141. The molecule has 0 aliphatic carbocycles. The lowest BCUT2D eigenvalue weighted by atomic mass is 10.2. The molecule has 0 saturated carbocycles. The van der Waals surface area contributed by atoms with Crippen molar-refractivity contribution in [1.82, 2.24) is 4.90 Å². The molecule has 0 atom stereocenters. The van der Waals surface area contributed by atoms with Crippen molar-refractivity contribution in [1.29, 1.82) is 0 Å². The largest absolute Gasteiger partial charge is 0.509 e. The van der Waals surface area contributed by atoms with Crippen molar-refractivity contribution in [2.75, 3.05) is 19.7 Å². The van der Waals surface area contributed by atoms with Gasteiger partial charge < -0.3 is 24.2 Å². The molecule has 1 aliphatic heterocycles. The second-order valence-electron chi connectivity index (χ2n) is 5.06. The van der Waals surface area contributed by atoms with Crippen molar-refractivity contribution in [3.63, 3.8) is 0 Å². The van der Waals surface area contributed by atoms with Gasteiger partial charge in [-0.15, -0.1) is 0 Å². The van der Waals surface area contributed by atoms with Crippen molar-refractivity contribution >= 4 is 18.2 Å². The first kappa shape index (κ1) is 15.1. The van der Waals surface area contributed by atoms with Crippen LogP contribution in [-0.2, 0) is 19.0 Å². The Bertz CT molecular complexity index is 368. The number of nitrogens with zero attached hydrogens (tertiary/aromatic N) is 1. The lowest BCUT2D eigenvalue weighted by Gasteiger charge is -2.38. The van der Waals surface area contributed by atoms with Gasteiger partial charge in [-0.3, -0.25) is 0 Å². The van der Waals surface area contributed by atoms with Crippen LogP contribution in [0.5, 0.6) is 0 Å². The van der Waals surface area contributed by atoms with E-state index in [2.05, 4.69) is 4.74 Å². The number of amides is 1. The summed E-state index contributed by atoms with van der Waals surface area (Å²) in [4.78, 5) is 34.1. The second-order valence-corrected chi connectivity index (χ2v) is 5.06. The van der Waals surface area contributed by atoms with E-state index in [1.54, 1.807) is 20.8 Å². The van der Waals surface area contributed by atoms with Gasteiger partial charge in [0.25, 0.3) is 0 Å². The van der Waals surface area contributed by atoms with Crippen LogP contribution in [0.15, 0.2) is 0 Å². The Morgan fingerprint density at radius 3 is 2.32 bits per heavy atom. The molecule has 0 aromatic rings. The van der Waals surface area contributed by atoms with Crippen LogP contribution in [0.25, 0.3) is 0 Å². The van der Waals surface area contributed by atoms with Gasteiger partial charge in [-0.25, -0.2) is 14.4 Å². The van der Waals surface area contributed by atoms with E-state index in [1.165, 1.54) is 4.90 Å².